The molecule has 0 saturated carbocycles. The van der Waals surface area contributed by atoms with Crippen molar-refractivity contribution in [2.45, 2.75) is 158 Å². The molecule has 5 aliphatic rings. The smallest absolute Gasteiger partial charge is 0.251 e. The Morgan fingerprint density at radius 3 is 1.15 bits per heavy atom. The molecule has 2 aromatic heterocycles. The summed E-state index contributed by atoms with van der Waals surface area (Å²) in [4.78, 5) is 90.8. The summed E-state index contributed by atoms with van der Waals surface area (Å²) >= 11 is 34.2. The van der Waals surface area contributed by atoms with Gasteiger partial charge in [-0.15, -0.1) is 0 Å². The van der Waals surface area contributed by atoms with Crippen molar-refractivity contribution in [3.63, 3.8) is 0 Å². The van der Waals surface area contributed by atoms with Gasteiger partial charge in [0, 0.05) is 144 Å². The minimum Gasteiger partial charge on any atom is -0.350 e. The number of thiophene rings is 2. The van der Waals surface area contributed by atoms with E-state index in [0.29, 0.717) is 125 Å². The van der Waals surface area contributed by atoms with Crippen LogP contribution in [0.25, 0.3) is 32.3 Å². The lowest BCUT2D eigenvalue weighted by atomic mass is 9.98. The normalized spacial score (nSPS) is 20.5. The molecule has 8 atom stereocenters. The summed E-state index contributed by atoms with van der Waals surface area (Å²) in [6, 6.07) is 42.6. The Morgan fingerprint density at radius 2 is 0.783 bits per heavy atom. The number of hydrogen-bond donors (Lipinski definition) is 7. The first-order valence-electron chi connectivity index (χ1n) is 41.0. The molecule has 9 aromatic rings. The van der Waals surface area contributed by atoms with Crippen LogP contribution in [0.1, 0.15) is 163 Å². The molecule has 7 aromatic carbocycles. The molecule has 5 fully saturated rings. The van der Waals surface area contributed by atoms with Gasteiger partial charge >= 0.3 is 0 Å². The van der Waals surface area contributed by atoms with Gasteiger partial charge in [-0.2, -0.15) is 22.7 Å². The lowest BCUT2D eigenvalue weighted by Crippen LogP contribution is -2.50. The van der Waals surface area contributed by atoms with Crippen molar-refractivity contribution in [2.75, 3.05) is 98.2 Å². The van der Waals surface area contributed by atoms with Crippen molar-refractivity contribution >= 4 is 148 Å². The first kappa shape index (κ1) is 87.1. The molecule has 8 N–H and O–H groups in total. The van der Waals surface area contributed by atoms with E-state index in [1.807, 2.05) is 125 Å². The Bertz CT molecular complexity index is 4720. The van der Waals surface area contributed by atoms with Crippen LogP contribution in [0.5, 0.6) is 0 Å². The van der Waals surface area contributed by atoms with Crippen LogP contribution < -0.4 is 37.6 Å². The Morgan fingerprint density at radius 1 is 0.435 bits per heavy atom. The van der Waals surface area contributed by atoms with Crippen molar-refractivity contribution < 1.29 is 28.8 Å². The average Bonchev–Trinajstić information content (AvgIpc) is 1.79. The van der Waals surface area contributed by atoms with E-state index in [-0.39, 0.29) is 71.7 Å². The molecule has 1 unspecified atom stereocenters. The molecule has 0 bridgehead atoms. The number of nitrogens with one attached hydrogen (secondary N) is 6. The third-order valence-electron chi connectivity index (χ3n) is 23.2. The summed E-state index contributed by atoms with van der Waals surface area (Å²) < 4.78 is 0. The highest BCUT2D eigenvalue weighted by Crippen LogP contribution is 2.31. The Kier molecular flexibility index (Phi) is 32.9. The summed E-state index contributed by atoms with van der Waals surface area (Å²) in [5, 5.41) is 37.6. The number of halogens is 5. The zero-order valence-corrected chi connectivity index (χ0v) is 71.3. The van der Waals surface area contributed by atoms with Gasteiger partial charge in [-0.25, -0.2) is 0 Å². The monoisotopic (exact) mass is 1690 g/mol. The zero-order chi connectivity index (χ0) is 80.7. The van der Waals surface area contributed by atoms with Crippen LogP contribution in [0, 0.1) is 0 Å². The third kappa shape index (κ3) is 24.9. The van der Waals surface area contributed by atoms with E-state index < -0.39 is 0 Å². The predicted octanol–water partition coefficient (Wildman–Crippen LogP) is 16.5. The molecule has 0 aliphatic carbocycles. The molecule has 6 amide bonds. The van der Waals surface area contributed by atoms with Crippen LogP contribution >= 0.6 is 80.7 Å². The van der Waals surface area contributed by atoms with E-state index >= 15 is 0 Å². The first-order valence-corrected chi connectivity index (χ1v) is 44.8. The summed E-state index contributed by atoms with van der Waals surface area (Å²) in [5.74, 6) is 0.682. The maximum Gasteiger partial charge on any atom is 0.251 e. The van der Waals surface area contributed by atoms with Gasteiger partial charge in [0.1, 0.15) is 0 Å². The molecule has 612 valence electrons. The number of fused-ring (bicyclic) bond motifs is 3. The number of likely N-dealkylation sites (tertiary alicyclic amines) is 2. The van der Waals surface area contributed by atoms with Gasteiger partial charge in [-0.3, -0.25) is 28.8 Å². The van der Waals surface area contributed by atoms with Gasteiger partial charge in [-0.05, 0) is 277 Å². The fourth-order valence-electron chi connectivity index (χ4n) is 16.4. The van der Waals surface area contributed by atoms with Gasteiger partial charge in [0.05, 0.1) is 18.1 Å². The minimum absolute atomic E-state index is 0.00932. The van der Waals surface area contributed by atoms with Crippen LogP contribution in [0.2, 0.25) is 25.1 Å². The highest BCUT2D eigenvalue weighted by Gasteiger charge is 2.36. The topological polar surface area (TPSA) is 217 Å². The van der Waals surface area contributed by atoms with Crippen molar-refractivity contribution in [1.82, 2.24) is 56.4 Å². The number of carbonyl (C=O) groups excluding carboxylic acids is 6. The second-order valence-corrected chi connectivity index (χ2v) is 34.9. The maximum absolute atomic E-state index is 13.8. The summed E-state index contributed by atoms with van der Waals surface area (Å²) in [5.41, 5.74) is 11.2. The van der Waals surface area contributed by atoms with Crippen LogP contribution in [0.4, 0.5) is 0 Å². The number of nitrogens with zero attached hydrogens (tertiary/aromatic N) is 5. The van der Waals surface area contributed by atoms with Crippen LogP contribution in [-0.4, -0.2) is 194 Å². The summed E-state index contributed by atoms with van der Waals surface area (Å²) in [6.45, 7) is 16.2. The van der Waals surface area contributed by atoms with Gasteiger partial charge in [0.15, 0.2) is 0 Å². The van der Waals surface area contributed by atoms with Crippen molar-refractivity contribution in [3.8, 4) is 0 Å². The molecule has 0 spiro atoms. The third-order valence-corrected chi connectivity index (χ3v) is 25.9. The Hall–Kier alpha value is -7.25. The molecule has 5 saturated heterocycles. The van der Waals surface area contributed by atoms with E-state index in [1.54, 1.807) is 34.8 Å². The number of piperidine rings is 2. The number of rotatable bonds is 27. The zero-order valence-electron chi connectivity index (χ0n) is 65.9. The van der Waals surface area contributed by atoms with E-state index in [4.69, 9.17) is 63.7 Å². The maximum atomic E-state index is 13.8. The molecule has 115 heavy (non-hydrogen) atoms. The quantitative estimate of drug-likeness (QED) is 0.0256. The number of nitrogens with two attached hydrogens (primary N) is 1. The molecule has 7 heterocycles. The largest absolute Gasteiger partial charge is 0.350 e. The number of benzene rings is 7. The molecular formula is C90H109Cl5N12O6S2. The predicted molar refractivity (Wildman–Crippen MR) is 473 cm³/mol. The fraction of sp³-hybridized carbons (Fsp3) is 0.444. The molecule has 18 nitrogen and oxygen atoms in total. The van der Waals surface area contributed by atoms with Crippen molar-refractivity contribution in [2.24, 2.45) is 5.73 Å². The first-order chi connectivity index (χ1) is 55.8. The van der Waals surface area contributed by atoms with E-state index in [1.165, 1.54) is 49.7 Å². The van der Waals surface area contributed by atoms with Gasteiger partial charge in [0.2, 0.25) is 17.7 Å². The lowest BCUT2D eigenvalue weighted by molar-refractivity contribution is -0.134. The highest BCUT2D eigenvalue weighted by atomic mass is 35.5. The van der Waals surface area contributed by atoms with Crippen molar-refractivity contribution in [3.05, 3.63) is 220 Å². The van der Waals surface area contributed by atoms with Gasteiger partial charge < -0.3 is 62.1 Å². The molecule has 0 radical (unpaired) electrons. The van der Waals surface area contributed by atoms with Crippen LogP contribution in [0.15, 0.2) is 161 Å². The average molecular weight is 1700 g/mol. The van der Waals surface area contributed by atoms with Crippen molar-refractivity contribution in [1.29, 1.82) is 0 Å². The number of carbonyl (C=O) groups is 6. The second kappa shape index (κ2) is 43.5. The number of amides is 6. The van der Waals surface area contributed by atoms with E-state index in [0.717, 1.165) is 122 Å². The molecule has 14 rings (SSSR count). The fourth-order valence-corrected chi connectivity index (χ4v) is 18.9. The minimum atomic E-state index is -0.338. The Labute approximate surface area is 710 Å². The standard InChI is InChI=1S/C32H41ClN4O2S.C31H35Cl3N4O2.C27H33ClN4O2S/c1-2-23(27-12-17-40-22-27)21-37-16-10-29(35-30(32(37)39)11-15-36-13-4-3-5-14-36)20-34-31(38)26-7-6-25-19-28(33)9-8-24(25)18-26;32-25-8-6-21-16-23(5-4-22(21)17-25)30(39)35-19-27-10-15-38(20-24-7-9-26(33)18-28(24)34)31(40)29(36-27)11-14-37-12-2-1-3-13-37;1-2-18(22-9-12-35-17-22)16-32-11-8-24(31-25(7-10-29)27(32)34)15-30-26(33)21-4-3-20-14-23(28)6-5-19(20)13-21/h6-9,12,17-19,22-23,29-30,35H,2-5,10-11,13-16,20-21H2,1H3,(H,34,38);4-9,16-18,27,29,36H,1-3,10-15,19-20H2,(H,35,39);3-6,9,12-14,17-18,24-25,31H,2,7-8,10-11,15-16,29H2,1H3,(H,30,33)/t23-,29-,30-;27-,29-;18?,24-,25-/m000/s1. The van der Waals surface area contributed by atoms with Gasteiger partial charge in [-0.1, -0.05) is 127 Å². The highest BCUT2D eigenvalue weighted by molar-refractivity contribution is 7.08. The van der Waals surface area contributed by atoms with Crippen LogP contribution in [0.3, 0.4) is 0 Å². The van der Waals surface area contributed by atoms with E-state index in [2.05, 4.69) is 94.1 Å². The summed E-state index contributed by atoms with van der Waals surface area (Å²) in [6.07, 6.45) is 13.9. The number of hydrogen-bond acceptors (Lipinski definition) is 14. The SMILES string of the molecule is CCC(CN1CC[C@@H](CNC(=O)c2ccc3cc(Cl)ccc3c2)N[C@@H](CCN)C1=O)c1ccsc1.CC[C@@H](CN1CC[C@@H](CNC(=O)c2ccc3cc(Cl)ccc3c2)N[C@@H](CCN2CCCCC2)C1=O)c1ccsc1.O=C(NC[C@@H]1CCN(Cc2ccc(Cl)cc2Cl)C(=O)[C@H](CCN2CCCCC2)N1)c1ccc2cc(Cl)ccc2c1. The van der Waals surface area contributed by atoms with Gasteiger partial charge in [0.25, 0.3) is 17.7 Å². The Balaban J connectivity index is 0.000000160. The molecule has 5 aliphatic heterocycles. The van der Waals surface area contributed by atoms with Crippen LogP contribution in [-0.2, 0) is 20.9 Å². The molecule has 25 heteroatoms. The lowest BCUT2D eigenvalue weighted by Gasteiger charge is -2.31. The second-order valence-electron chi connectivity index (χ2n) is 31.2. The van der Waals surface area contributed by atoms with E-state index in [9.17, 15) is 28.8 Å². The summed E-state index contributed by atoms with van der Waals surface area (Å²) in [7, 11) is 0. The molecular weight excluding hydrogens is 1590 g/mol.